The first-order valence-corrected chi connectivity index (χ1v) is 8.37. The SMILES string of the molecule is CCCc1n[nH]c(=S)n1CC(=O)Nc1cccc(-c2nncn2C)c1. The summed E-state index contributed by atoms with van der Waals surface area (Å²) in [6.45, 7) is 2.18. The Hall–Kier alpha value is -2.81. The van der Waals surface area contributed by atoms with Gasteiger partial charge in [0.25, 0.3) is 0 Å². The minimum atomic E-state index is -0.162. The van der Waals surface area contributed by atoms with Crippen molar-refractivity contribution in [3.63, 3.8) is 0 Å². The first kappa shape index (κ1) is 17.0. The van der Waals surface area contributed by atoms with Crippen molar-refractivity contribution >= 4 is 23.8 Å². The normalized spacial score (nSPS) is 10.8. The van der Waals surface area contributed by atoms with E-state index in [1.54, 1.807) is 10.9 Å². The Morgan fingerprint density at radius 2 is 2.24 bits per heavy atom. The lowest BCUT2D eigenvalue weighted by molar-refractivity contribution is -0.116. The molecule has 0 atom stereocenters. The maximum absolute atomic E-state index is 12.4. The molecule has 0 radical (unpaired) electrons. The highest BCUT2D eigenvalue weighted by Gasteiger charge is 2.11. The lowest BCUT2D eigenvalue weighted by atomic mass is 10.2. The highest BCUT2D eigenvalue weighted by Crippen LogP contribution is 2.20. The number of benzene rings is 1. The van der Waals surface area contributed by atoms with Crippen molar-refractivity contribution in [2.24, 2.45) is 7.05 Å². The van der Waals surface area contributed by atoms with Crippen molar-refractivity contribution in [2.75, 3.05) is 5.32 Å². The maximum atomic E-state index is 12.4. The van der Waals surface area contributed by atoms with Crippen LogP contribution in [-0.2, 0) is 24.8 Å². The second kappa shape index (κ2) is 7.39. The zero-order valence-electron chi connectivity index (χ0n) is 14.1. The van der Waals surface area contributed by atoms with Crippen LogP contribution in [0.1, 0.15) is 19.2 Å². The fraction of sp³-hybridized carbons (Fsp3) is 0.312. The highest BCUT2D eigenvalue weighted by atomic mass is 32.1. The number of aromatic nitrogens is 6. The van der Waals surface area contributed by atoms with E-state index in [9.17, 15) is 4.79 Å². The van der Waals surface area contributed by atoms with E-state index in [0.29, 0.717) is 10.5 Å². The third kappa shape index (κ3) is 3.82. The molecule has 1 aromatic carbocycles. The molecule has 0 aliphatic rings. The molecule has 0 saturated heterocycles. The van der Waals surface area contributed by atoms with Gasteiger partial charge in [-0.15, -0.1) is 10.2 Å². The monoisotopic (exact) mass is 357 g/mol. The summed E-state index contributed by atoms with van der Waals surface area (Å²) < 4.78 is 4.00. The van der Waals surface area contributed by atoms with E-state index >= 15 is 0 Å². The summed E-state index contributed by atoms with van der Waals surface area (Å²) in [5.41, 5.74) is 1.57. The predicted molar refractivity (Wildman–Crippen MR) is 96.5 cm³/mol. The Morgan fingerprint density at radius 1 is 1.40 bits per heavy atom. The first-order valence-electron chi connectivity index (χ1n) is 7.97. The van der Waals surface area contributed by atoms with Gasteiger partial charge in [-0.2, -0.15) is 5.10 Å². The molecule has 2 N–H and O–H groups in total. The van der Waals surface area contributed by atoms with Gasteiger partial charge < -0.3 is 9.88 Å². The molecule has 0 bridgehead atoms. The maximum Gasteiger partial charge on any atom is 0.244 e. The summed E-state index contributed by atoms with van der Waals surface area (Å²) in [6, 6.07) is 7.49. The molecule has 9 heteroatoms. The Kier molecular flexibility index (Phi) is 5.03. The molecule has 1 amide bonds. The molecular weight excluding hydrogens is 338 g/mol. The van der Waals surface area contributed by atoms with Crippen molar-refractivity contribution in [2.45, 2.75) is 26.3 Å². The van der Waals surface area contributed by atoms with Gasteiger partial charge in [0, 0.05) is 24.7 Å². The lowest BCUT2D eigenvalue weighted by Gasteiger charge is -2.09. The Morgan fingerprint density at radius 3 is 2.96 bits per heavy atom. The third-order valence-corrected chi connectivity index (χ3v) is 4.04. The second-order valence-electron chi connectivity index (χ2n) is 5.68. The van der Waals surface area contributed by atoms with Crippen LogP contribution < -0.4 is 5.32 Å². The molecule has 0 fully saturated rings. The standard InChI is InChI=1S/C16H19N7OS/c1-3-5-13-19-21-16(25)23(13)9-14(24)18-12-7-4-6-11(8-12)15-20-17-10-22(15)2/h4,6-8,10H,3,5,9H2,1-2H3,(H,18,24)(H,21,25). The quantitative estimate of drug-likeness (QED) is 0.661. The van der Waals surface area contributed by atoms with Crippen LogP contribution in [-0.4, -0.2) is 35.4 Å². The predicted octanol–water partition coefficient (Wildman–Crippen LogP) is 2.33. The average Bonchev–Trinajstić information content (AvgIpc) is 3.16. The van der Waals surface area contributed by atoms with E-state index in [4.69, 9.17) is 12.2 Å². The van der Waals surface area contributed by atoms with E-state index in [2.05, 4.69) is 32.6 Å². The summed E-state index contributed by atoms with van der Waals surface area (Å²) in [4.78, 5) is 12.4. The Labute approximate surface area is 149 Å². The van der Waals surface area contributed by atoms with Crippen LogP contribution >= 0.6 is 12.2 Å². The second-order valence-corrected chi connectivity index (χ2v) is 6.06. The number of H-pyrrole nitrogens is 1. The molecule has 0 unspecified atom stereocenters. The molecule has 2 aromatic heterocycles. The average molecular weight is 357 g/mol. The molecule has 0 saturated carbocycles. The van der Waals surface area contributed by atoms with Gasteiger partial charge >= 0.3 is 0 Å². The number of amides is 1. The molecule has 3 aromatic rings. The summed E-state index contributed by atoms with van der Waals surface area (Å²) >= 11 is 5.21. The van der Waals surface area contributed by atoms with Crippen LogP contribution in [0.3, 0.4) is 0 Å². The molecule has 0 aliphatic carbocycles. The fourth-order valence-electron chi connectivity index (χ4n) is 2.55. The van der Waals surface area contributed by atoms with Gasteiger partial charge in [-0.3, -0.25) is 14.5 Å². The van der Waals surface area contributed by atoms with Gasteiger partial charge in [0.1, 0.15) is 18.7 Å². The van der Waals surface area contributed by atoms with Crippen LogP contribution in [0.15, 0.2) is 30.6 Å². The zero-order valence-corrected chi connectivity index (χ0v) is 14.9. The van der Waals surface area contributed by atoms with Crippen molar-refractivity contribution in [1.82, 2.24) is 29.5 Å². The molecule has 3 rings (SSSR count). The highest BCUT2D eigenvalue weighted by molar-refractivity contribution is 7.71. The number of carbonyl (C=O) groups excluding carboxylic acids is 1. The van der Waals surface area contributed by atoms with Crippen molar-refractivity contribution in [3.05, 3.63) is 41.2 Å². The Bertz CT molecular complexity index is 940. The van der Waals surface area contributed by atoms with Gasteiger partial charge in [-0.25, -0.2) is 0 Å². The van der Waals surface area contributed by atoms with Gasteiger partial charge in [0.15, 0.2) is 10.6 Å². The minimum Gasteiger partial charge on any atom is -0.325 e. The number of nitrogens with one attached hydrogen (secondary N) is 2. The van der Waals surface area contributed by atoms with Crippen LogP contribution in [0.4, 0.5) is 5.69 Å². The molecule has 130 valence electrons. The summed E-state index contributed by atoms with van der Waals surface area (Å²) in [7, 11) is 1.87. The van der Waals surface area contributed by atoms with Crippen LogP contribution in [0.5, 0.6) is 0 Å². The van der Waals surface area contributed by atoms with E-state index in [1.807, 2.05) is 35.9 Å². The number of anilines is 1. The largest absolute Gasteiger partial charge is 0.325 e. The van der Waals surface area contributed by atoms with Crippen molar-refractivity contribution < 1.29 is 4.79 Å². The topological polar surface area (TPSA) is 93.4 Å². The number of hydrogen-bond acceptors (Lipinski definition) is 5. The van der Waals surface area contributed by atoms with Crippen LogP contribution in [0.25, 0.3) is 11.4 Å². The number of aryl methyl sites for hydroxylation is 2. The van der Waals surface area contributed by atoms with Crippen LogP contribution in [0.2, 0.25) is 0 Å². The van der Waals surface area contributed by atoms with E-state index in [0.717, 1.165) is 30.1 Å². The number of aromatic amines is 1. The van der Waals surface area contributed by atoms with Gasteiger partial charge in [0.05, 0.1) is 0 Å². The number of carbonyl (C=O) groups is 1. The van der Waals surface area contributed by atoms with Crippen molar-refractivity contribution in [1.29, 1.82) is 0 Å². The number of rotatable bonds is 6. The van der Waals surface area contributed by atoms with Gasteiger partial charge in [-0.05, 0) is 30.8 Å². The number of nitrogens with zero attached hydrogens (tertiary/aromatic N) is 5. The summed E-state index contributed by atoms with van der Waals surface area (Å²) in [6.07, 6.45) is 3.33. The Balaban J connectivity index is 1.75. The third-order valence-electron chi connectivity index (χ3n) is 3.73. The zero-order chi connectivity index (χ0) is 17.8. The minimum absolute atomic E-state index is 0.124. The molecule has 0 aliphatic heterocycles. The number of hydrogen-bond donors (Lipinski definition) is 2. The molecule has 0 spiro atoms. The molecule has 25 heavy (non-hydrogen) atoms. The van der Waals surface area contributed by atoms with Gasteiger partial charge in [-0.1, -0.05) is 19.1 Å². The summed E-state index contributed by atoms with van der Waals surface area (Å²) in [5, 5.41) is 17.8. The van der Waals surface area contributed by atoms with E-state index in [1.165, 1.54) is 0 Å². The first-order chi connectivity index (χ1) is 12.1. The smallest absolute Gasteiger partial charge is 0.244 e. The molecular formula is C16H19N7OS. The van der Waals surface area contributed by atoms with Crippen molar-refractivity contribution in [3.8, 4) is 11.4 Å². The fourth-order valence-corrected chi connectivity index (χ4v) is 2.77. The van der Waals surface area contributed by atoms with Crippen LogP contribution in [0, 0.1) is 4.77 Å². The molecule has 2 heterocycles. The van der Waals surface area contributed by atoms with E-state index in [-0.39, 0.29) is 12.5 Å². The lowest BCUT2D eigenvalue weighted by Crippen LogP contribution is -2.20. The van der Waals surface area contributed by atoms with E-state index < -0.39 is 0 Å². The molecule has 8 nitrogen and oxygen atoms in total. The summed E-state index contributed by atoms with van der Waals surface area (Å²) in [5.74, 6) is 1.36. The van der Waals surface area contributed by atoms with Gasteiger partial charge in [0.2, 0.25) is 5.91 Å².